The minimum atomic E-state index is -0.832. The fourth-order valence-electron chi connectivity index (χ4n) is 2.84. The molecule has 0 spiro atoms. The molecular weight excluding hydrogens is 332 g/mol. The summed E-state index contributed by atoms with van der Waals surface area (Å²) in [6.07, 6.45) is 6.10. The van der Waals surface area contributed by atoms with Crippen molar-refractivity contribution in [2.24, 2.45) is 0 Å². The lowest BCUT2D eigenvalue weighted by Crippen LogP contribution is -1.91. The summed E-state index contributed by atoms with van der Waals surface area (Å²) in [6.45, 7) is 0. The van der Waals surface area contributed by atoms with Gasteiger partial charge in [-0.05, 0) is 66.1 Å². The van der Waals surface area contributed by atoms with Crippen LogP contribution in [0.3, 0.4) is 0 Å². The van der Waals surface area contributed by atoms with Crippen LogP contribution in [0.4, 0.5) is 8.78 Å². The monoisotopic (exact) mass is 347 g/mol. The number of nitrogens with zero attached hydrogens (tertiary/aromatic N) is 2. The highest BCUT2D eigenvalue weighted by atomic mass is 19.2. The smallest absolute Gasteiger partial charge is 0.159 e. The van der Waals surface area contributed by atoms with Gasteiger partial charge < -0.3 is 0 Å². The molecule has 0 aliphatic heterocycles. The Kier molecular flexibility index (Phi) is 4.27. The molecule has 2 aromatic heterocycles. The zero-order valence-electron chi connectivity index (χ0n) is 13.8. The van der Waals surface area contributed by atoms with Crippen LogP contribution in [0.2, 0.25) is 0 Å². The Hall–Kier alpha value is -3.34. The van der Waals surface area contributed by atoms with Crippen LogP contribution in [0.25, 0.3) is 23.1 Å². The molecule has 0 saturated carbocycles. The third-order valence-corrected chi connectivity index (χ3v) is 4.15. The van der Waals surface area contributed by atoms with E-state index in [9.17, 15) is 8.78 Å². The number of aromatic nitrogens is 3. The quantitative estimate of drug-likeness (QED) is 0.565. The highest BCUT2D eigenvalue weighted by Crippen LogP contribution is 2.22. The molecule has 0 amide bonds. The van der Waals surface area contributed by atoms with E-state index in [0.717, 1.165) is 39.5 Å². The van der Waals surface area contributed by atoms with Gasteiger partial charge in [-0.3, -0.25) is 10.1 Å². The molecule has 26 heavy (non-hydrogen) atoms. The van der Waals surface area contributed by atoms with Crippen molar-refractivity contribution in [2.45, 2.75) is 6.42 Å². The van der Waals surface area contributed by atoms with Gasteiger partial charge in [0.05, 0.1) is 16.9 Å². The SMILES string of the molecule is Fc1ccc(Cc2ccc3n[nH]c(/C=C/c4ccccn4)c3c2)cc1F. The van der Waals surface area contributed by atoms with Crippen molar-refractivity contribution in [2.75, 3.05) is 0 Å². The zero-order valence-corrected chi connectivity index (χ0v) is 13.8. The number of rotatable bonds is 4. The molecule has 2 heterocycles. The van der Waals surface area contributed by atoms with Crippen LogP contribution >= 0.6 is 0 Å². The molecule has 0 aliphatic carbocycles. The van der Waals surface area contributed by atoms with Gasteiger partial charge in [-0.2, -0.15) is 5.10 Å². The minimum absolute atomic E-state index is 0.516. The van der Waals surface area contributed by atoms with Gasteiger partial charge in [0.25, 0.3) is 0 Å². The first-order chi connectivity index (χ1) is 12.7. The second kappa shape index (κ2) is 6.88. The van der Waals surface area contributed by atoms with E-state index >= 15 is 0 Å². The maximum atomic E-state index is 13.4. The number of pyridine rings is 1. The highest BCUT2D eigenvalue weighted by molar-refractivity contribution is 5.89. The van der Waals surface area contributed by atoms with E-state index in [4.69, 9.17) is 0 Å². The second-order valence-corrected chi connectivity index (χ2v) is 6.00. The van der Waals surface area contributed by atoms with Gasteiger partial charge in [0, 0.05) is 11.6 Å². The summed E-state index contributed by atoms with van der Waals surface area (Å²) >= 11 is 0. The summed E-state index contributed by atoms with van der Waals surface area (Å²) in [5.41, 5.74) is 4.29. The molecule has 1 N–H and O–H groups in total. The molecule has 0 aliphatic rings. The molecule has 2 aromatic carbocycles. The van der Waals surface area contributed by atoms with Crippen LogP contribution in [0.15, 0.2) is 60.8 Å². The molecule has 4 aromatic rings. The fraction of sp³-hybridized carbons (Fsp3) is 0.0476. The third kappa shape index (κ3) is 3.37. The lowest BCUT2D eigenvalue weighted by atomic mass is 10.0. The number of halogens is 2. The van der Waals surface area contributed by atoms with E-state index in [1.807, 2.05) is 48.6 Å². The topological polar surface area (TPSA) is 41.6 Å². The first-order valence-electron chi connectivity index (χ1n) is 8.19. The Morgan fingerprint density at radius 3 is 2.54 bits per heavy atom. The number of H-pyrrole nitrogens is 1. The average Bonchev–Trinajstić information content (AvgIpc) is 3.06. The molecule has 5 heteroatoms. The van der Waals surface area contributed by atoms with E-state index in [0.29, 0.717) is 6.42 Å². The van der Waals surface area contributed by atoms with Crippen molar-refractivity contribution in [1.29, 1.82) is 0 Å². The van der Waals surface area contributed by atoms with Crippen molar-refractivity contribution in [3.05, 3.63) is 94.9 Å². The van der Waals surface area contributed by atoms with Crippen molar-refractivity contribution in [3.8, 4) is 0 Å². The molecule has 4 rings (SSSR count). The van der Waals surface area contributed by atoms with Gasteiger partial charge in [0.1, 0.15) is 0 Å². The molecule has 0 fully saturated rings. The van der Waals surface area contributed by atoms with Crippen LogP contribution in [0.5, 0.6) is 0 Å². The Labute approximate surface area is 149 Å². The molecule has 128 valence electrons. The van der Waals surface area contributed by atoms with Crippen LogP contribution in [-0.4, -0.2) is 15.2 Å². The average molecular weight is 347 g/mol. The highest BCUT2D eigenvalue weighted by Gasteiger charge is 2.07. The summed E-state index contributed by atoms with van der Waals surface area (Å²) in [6, 6.07) is 15.6. The molecule has 0 bridgehead atoms. The predicted octanol–water partition coefficient (Wildman–Crippen LogP) is 5.00. The summed E-state index contributed by atoms with van der Waals surface area (Å²) in [5, 5.41) is 8.29. The van der Waals surface area contributed by atoms with Crippen molar-refractivity contribution >= 4 is 23.1 Å². The van der Waals surface area contributed by atoms with E-state index in [1.54, 1.807) is 12.3 Å². The van der Waals surface area contributed by atoms with Crippen molar-refractivity contribution < 1.29 is 8.78 Å². The molecule has 0 unspecified atom stereocenters. The number of nitrogens with one attached hydrogen (secondary N) is 1. The van der Waals surface area contributed by atoms with E-state index < -0.39 is 11.6 Å². The van der Waals surface area contributed by atoms with Crippen molar-refractivity contribution in [3.63, 3.8) is 0 Å². The summed E-state index contributed by atoms with van der Waals surface area (Å²) in [4.78, 5) is 4.26. The molecule has 3 nitrogen and oxygen atoms in total. The standard InChI is InChI=1S/C21H15F2N3/c22-18-7-4-15(13-19(18)23)11-14-5-8-20-17(12-14)21(26-25-20)9-6-16-3-1-2-10-24-16/h1-10,12-13H,11H2,(H,25,26)/b9-6+. The van der Waals surface area contributed by atoms with Gasteiger partial charge in [-0.25, -0.2) is 8.78 Å². The third-order valence-electron chi connectivity index (χ3n) is 4.15. The zero-order chi connectivity index (χ0) is 17.9. The van der Waals surface area contributed by atoms with Crippen LogP contribution < -0.4 is 0 Å². The van der Waals surface area contributed by atoms with Gasteiger partial charge in [-0.1, -0.05) is 18.2 Å². The van der Waals surface area contributed by atoms with E-state index in [-0.39, 0.29) is 0 Å². The molecular formula is C21H15F2N3. The minimum Gasteiger partial charge on any atom is -0.277 e. The Bertz CT molecular complexity index is 1090. The van der Waals surface area contributed by atoms with Crippen LogP contribution in [0, 0.1) is 11.6 Å². The first kappa shape index (κ1) is 16.1. The lowest BCUT2D eigenvalue weighted by molar-refractivity contribution is 0.507. The Morgan fingerprint density at radius 1 is 0.885 bits per heavy atom. The number of benzene rings is 2. The second-order valence-electron chi connectivity index (χ2n) is 6.00. The number of aromatic amines is 1. The molecule has 0 radical (unpaired) electrons. The van der Waals surface area contributed by atoms with E-state index in [1.165, 1.54) is 6.07 Å². The Balaban J connectivity index is 1.64. The number of hydrogen-bond acceptors (Lipinski definition) is 2. The Morgan fingerprint density at radius 2 is 1.73 bits per heavy atom. The number of fused-ring (bicyclic) bond motifs is 1. The van der Waals surface area contributed by atoms with Crippen LogP contribution in [0.1, 0.15) is 22.5 Å². The van der Waals surface area contributed by atoms with E-state index in [2.05, 4.69) is 15.2 Å². The molecule has 0 saturated heterocycles. The summed E-state index contributed by atoms with van der Waals surface area (Å²) < 4.78 is 26.5. The van der Waals surface area contributed by atoms with Gasteiger partial charge in [0.15, 0.2) is 11.6 Å². The maximum absolute atomic E-state index is 13.4. The predicted molar refractivity (Wildman–Crippen MR) is 98.4 cm³/mol. The van der Waals surface area contributed by atoms with Gasteiger partial charge in [0.2, 0.25) is 0 Å². The van der Waals surface area contributed by atoms with Gasteiger partial charge >= 0.3 is 0 Å². The fourth-order valence-corrected chi connectivity index (χ4v) is 2.84. The first-order valence-corrected chi connectivity index (χ1v) is 8.19. The normalized spacial score (nSPS) is 11.5. The van der Waals surface area contributed by atoms with Gasteiger partial charge in [-0.15, -0.1) is 0 Å². The maximum Gasteiger partial charge on any atom is 0.159 e. The molecule has 0 atom stereocenters. The summed E-state index contributed by atoms with van der Waals surface area (Å²) in [5.74, 6) is -1.66. The lowest BCUT2D eigenvalue weighted by Gasteiger charge is -2.03. The summed E-state index contributed by atoms with van der Waals surface area (Å²) in [7, 11) is 0. The van der Waals surface area contributed by atoms with Crippen molar-refractivity contribution in [1.82, 2.24) is 15.2 Å². The number of hydrogen-bond donors (Lipinski definition) is 1. The largest absolute Gasteiger partial charge is 0.277 e. The van der Waals surface area contributed by atoms with Crippen LogP contribution in [-0.2, 0) is 6.42 Å².